The zero-order valence-electron chi connectivity index (χ0n) is 11.4. The molecule has 2 atom stereocenters. The van der Waals surface area contributed by atoms with E-state index in [1.54, 1.807) is 0 Å². The van der Waals surface area contributed by atoms with Crippen molar-refractivity contribution >= 4 is 11.8 Å². The molecule has 1 saturated heterocycles. The molecule has 4 nitrogen and oxygen atoms in total. The maximum Gasteiger partial charge on any atom is 0.323 e. The first kappa shape index (κ1) is 14.2. The van der Waals surface area contributed by atoms with E-state index >= 15 is 0 Å². The molecule has 0 N–H and O–H groups in total. The third-order valence-electron chi connectivity index (χ3n) is 3.00. The number of carbonyl (C=O) groups is 2. The van der Waals surface area contributed by atoms with Gasteiger partial charge in [0.15, 0.2) is 0 Å². The number of carbonyl (C=O) groups excluding carboxylic acids is 2. The minimum atomic E-state index is -0.456. The molecule has 1 rings (SSSR count). The smallest absolute Gasteiger partial charge is 0.323 e. The minimum Gasteiger partial charge on any atom is -0.459 e. The van der Waals surface area contributed by atoms with Gasteiger partial charge in [-0.05, 0) is 27.7 Å². The first-order chi connectivity index (χ1) is 7.70. The predicted molar refractivity (Wildman–Crippen MR) is 65.7 cm³/mol. The molecule has 0 aromatic heterocycles. The average molecular weight is 241 g/mol. The van der Waals surface area contributed by atoms with Gasteiger partial charge in [-0.2, -0.15) is 0 Å². The molecule has 17 heavy (non-hydrogen) atoms. The number of likely N-dealkylation sites (tertiary alicyclic amines) is 1. The van der Waals surface area contributed by atoms with Crippen molar-refractivity contribution in [3.05, 3.63) is 0 Å². The standard InChI is InChI=1S/C13H23NO3/c1-9-8-14(7-6-11(9)15)10(2)12(16)17-13(3,4)5/h9-10H,6-8H2,1-5H3. The quantitative estimate of drug-likeness (QED) is 0.689. The lowest BCUT2D eigenvalue weighted by molar-refractivity contribution is -0.162. The number of esters is 1. The fraction of sp³-hybridized carbons (Fsp3) is 0.846. The zero-order chi connectivity index (χ0) is 13.2. The topological polar surface area (TPSA) is 46.6 Å². The van der Waals surface area contributed by atoms with Gasteiger partial charge >= 0.3 is 5.97 Å². The molecule has 1 aliphatic rings. The van der Waals surface area contributed by atoms with Crippen LogP contribution in [0.3, 0.4) is 0 Å². The molecular weight excluding hydrogens is 218 g/mol. The highest BCUT2D eigenvalue weighted by molar-refractivity contribution is 5.82. The van der Waals surface area contributed by atoms with Crippen LogP contribution in [0.1, 0.15) is 41.0 Å². The Balaban J connectivity index is 2.55. The van der Waals surface area contributed by atoms with Gasteiger partial charge in [-0.15, -0.1) is 0 Å². The summed E-state index contributed by atoms with van der Waals surface area (Å²) in [5.41, 5.74) is -0.456. The van der Waals surface area contributed by atoms with Crippen LogP contribution in [-0.2, 0) is 14.3 Å². The summed E-state index contributed by atoms with van der Waals surface area (Å²) in [6, 6.07) is -0.273. The number of Topliss-reactive ketones (excluding diaryl/α,β-unsaturated/α-hetero) is 1. The van der Waals surface area contributed by atoms with Gasteiger partial charge < -0.3 is 4.74 Å². The van der Waals surface area contributed by atoms with Crippen LogP contribution in [0.2, 0.25) is 0 Å². The van der Waals surface area contributed by atoms with Crippen LogP contribution in [0.4, 0.5) is 0 Å². The predicted octanol–water partition coefficient (Wildman–Crippen LogP) is 1.63. The van der Waals surface area contributed by atoms with E-state index in [1.807, 2.05) is 39.5 Å². The molecule has 98 valence electrons. The molecule has 0 spiro atoms. The first-order valence-corrected chi connectivity index (χ1v) is 6.20. The summed E-state index contributed by atoms with van der Waals surface area (Å²) >= 11 is 0. The van der Waals surface area contributed by atoms with Gasteiger partial charge in [-0.1, -0.05) is 6.92 Å². The van der Waals surface area contributed by atoms with E-state index in [2.05, 4.69) is 0 Å². The van der Waals surface area contributed by atoms with Crippen molar-refractivity contribution in [2.75, 3.05) is 13.1 Å². The highest BCUT2D eigenvalue weighted by Gasteiger charge is 2.31. The Morgan fingerprint density at radius 3 is 2.53 bits per heavy atom. The molecule has 0 bridgehead atoms. The van der Waals surface area contributed by atoms with Crippen molar-refractivity contribution in [3.63, 3.8) is 0 Å². The Labute approximate surface area is 103 Å². The van der Waals surface area contributed by atoms with E-state index in [0.29, 0.717) is 19.5 Å². The minimum absolute atomic E-state index is 0.0219. The van der Waals surface area contributed by atoms with E-state index in [-0.39, 0.29) is 23.7 Å². The summed E-state index contributed by atoms with van der Waals surface area (Å²) in [6.45, 7) is 10.6. The first-order valence-electron chi connectivity index (χ1n) is 6.20. The van der Waals surface area contributed by atoms with Gasteiger partial charge in [0.25, 0.3) is 0 Å². The Bertz CT molecular complexity index is 306. The van der Waals surface area contributed by atoms with Gasteiger partial charge in [0.1, 0.15) is 17.4 Å². The van der Waals surface area contributed by atoms with Crippen molar-refractivity contribution in [3.8, 4) is 0 Å². The van der Waals surface area contributed by atoms with Crippen LogP contribution in [0.15, 0.2) is 0 Å². The number of rotatable bonds is 2. The third kappa shape index (κ3) is 4.11. The largest absolute Gasteiger partial charge is 0.459 e. The van der Waals surface area contributed by atoms with Gasteiger partial charge in [0, 0.05) is 25.4 Å². The summed E-state index contributed by atoms with van der Waals surface area (Å²) in [5.74, 6) is 0.102. The molecule has 2 unspecified atom stereocenters. The van der Waals surface area contributed by atoms with Gasteiger partial charge in [0.05, 0.1) is 0 Å². The van der Waals surface area contributed by atoms with Crippen LogP contribution in [0, 0.1) is 5.92 Å². The number of ketones is 1. The molecule has 0 aromatic rings. The number of nitrogens with zero attached hydrogens (tertiary/aromatic N) is 1. The lowest BCUT2D eigenvalue weighted by Gasteiger charge is -2.34. The van der Waals surface area contributed by atoms with Crippen LogP contribution < -0.4 is 0 Å². The molecule has 0 saturated carbocycles. The fourth-order valence-electron chi connectivity index (χ4n) is 1.93. The summed E-state index contributed by atoms with van der Waals surface area (Å²) in [7, 11) is 0. The summed E-state index contributed by atoms with van der Waals surface area (Å²) in [6.07, 6.45) is 0.536. The average Bonchev–Trinajstić information content (AvgIpc) is 2.18. The van der Waals surface area contributed by atoms with Gasteiger partial charge in [0.2, 0.25) is 0 Å². The third-order valence-corrected chi connectivity index (χ3v) is 3.00. The number of hydrogen-bond acceptors (Lipinski definition) is 4. The molecule has 0 radical (unpaired) electrons. The van der Waals surface area contributed by atoms with E-state index < -0.39 is 5.60 Å². The molecule has 1 aliphatic heterocycles. The summed E-state index contributed by atoms with van der Waals surface area (Å²) in [5, 5.41) is 0. The number of ether oxygens (including phenoxy) is 1. The molecule has 0 aliphatic carbocycles. The SMILES string of the molecule is CC1CN(C(C)C(=O)OC(C)(C)C)CCC1=O. The van der Waals surface area contributed by atoms with Crippen LogP contribution in [0.25, 0.3) is 0 Å². The molecule has 1 heterocycles. The van der Waals surface area contributed by atoms with E-state index in [9.17, 15) is 9.59 Å². The summed E-state index contributed by atoms with van der Waals surface area (Å²) < 4.78 is 5.35. The monoisotopic (exact) mass is 241 g/mol. The van der Waals surface area contributed by atoms with Crippen molar-refractivity contribution in [2.45, 2.75) is 52.7 Å². The fourth-order valence-corrected chi connectivity index (χ4v) is 1.93. The highest BCUT2D eigenvalue weighted by atomic mass is 16.6. The molecule has 4 heteroatoms. The zero-order valence-corrected chi connectivity index (χ0v) is 11.4. The normalized spacial score (nSPS) is 24.5. The van der Waals surface area contributed by atoms with E-state index in [0.717, 1.165) is 0 Å². The van der Waals surface area contributed by atoms with E-state index in [1.165, 1.54) is 0 Å². The second kappa shape index (κ2) is 5.17. The van der Waals surface area contributed by atoms with Gasteiger partial charge in [-0.3, -0.25) is 14.5 Å². The van der Waals surface area contributed by atoms with Crippen LogP contribution in [-0.4, -0.2) is 41.4 Å². The maximum atomic E-state index is 11.9. The van der Waals surface area contributed by atoms with Crippen molar-refractivity contribution in [1.82, 2.24) is 4.90 Å². The highest BCUT2D eigenvalue weighted by Crippen LogP contribution is 2.17. The Morgan fingerprint density at radius 2 is 2.06 bits per heavy atom. The number of piperidine rings is 1. The van der Waals surface area contributed by atoms with Crippen molar-refractivity contribution < 1.29 is 14.3 Å². The van der Waals surface area contributed by atoms with Crippen LogP contribution >= 0.6 is 0 Å². The number of hydrogen-bond donors (Lipinski definition) is 0. The lowest BCUT2D eigenvalue weighted by Crippen LogP contribution is -2.49. The Hall–Kier alpha value is -0.900. The second-order valence-corrected chi connectivity index (χ2v) is 5.82. The molecule has 0 amide bonds. The lowest BCUT2D eigenvalue weighted by atomic mass is 9.97. The van der Waals surface area contributed by atoms with Crippen molar-refractivity contribution in [2.24, 2.45) is 5.92 Å². The van der Waals surface area contributed by atoms with Crippen LogP contribution in [0.5, 0.6) is 0 Å². The van der Waals surface area contributed by atoms with Crippen molar-refractivity contribution in [1.29, 1.82) is 0 Å². The van der Waals surface area contributed by atoms with E-state index in [4.69, 9.17) is 4.74 Å². The second-order valence-electron chi connectivity index (χ2n) is 5.82. The molecular formula is C13H23NO3. The Kier molecular flexibility index (Phi) is 4.31. The maximum absolute atomic E-state index is 11.9. The molecule has 0 aromatic carbocycles. The van der Waals surface area contributed by atoms with Gasteiger partial charge in [-0.25, -0.2) is 0 Å². The summed E-state index contributed by atoms with van der Waals surface area (Å²) in [4.78, 5) is 25.3. The Morgan fingerprint density at radius 1 is 1.47 bits per heavy atom. The molecule has 1 fully saturated rings.